The number of amides is 1. The first-order chi connectivity index (χ1) is 30.0. The molecule has 0 aliphatic heterocycles. The smallest absolute Gasteiger partial charge is 0.305 e. The van der Waals surface area contributed by atoms with E-state index in [2.05, 4.69) is 31.3 Å². The zero-order valence-corrected chi connectivity index (χ0v) is 41.2. The monoisotopic (exact) mass is 862 g/mol. The van der Waals surface area contributed by atoms with E-state index in [0.29, 0.717) is 25.9 Å². The van der Waals surface area contributed by atoms with Gasteiger partial charge in [0.1, 0.15) is 0 Å². The largest absolute Gasteiger partial charge is 0.466 e. The van der Waals surface area contributed by atoms with Crippen molar-refractivity contribution in [3.63, 3.8) is 0 Å². The highest BCUT2D eigenvalue weighted by Crippen LogP contribution is 2.17. The first-order valence-corrected chi connectivity index (χ1v) is 27.4. The average molecular weight is 862 g/mol. The van der Waals surface area contributed by atoms with Gasteiger partial charge in [-0.3, -0.25) is 9.59 Å². The van der Waals surface area contributed by atoms with Crippen LogP contribution < -0.4 is 5.32 Å². The molecule has 0 saturated heterocycles. The van der Waals surface area contributed by atoms with Crippen molar-refractivity contribution >= 4 is 11.9 Å². The lowest BCUT2D eigenvalue weighted by molar-refractivity contribution is -0.143. The Morgan fingerprint density at radius 2 is 0.770 bits per heavy atom. The SMILES string of the molecule is CCCCCCCCCCCCCCCCC(O)C(CO)NC(=O)CCCCCCCCC/C=C\CCCCCCCCCCOC(=O)CCCCCCCCCCCCC. The van der Waals surface area contributed by atoms with Gasteiger partial charge < -0.3 is 20.3 Å². The first kappa shape index (κ1) is 59.6. The van der Waals surface area contributed by atoms with E-state index in [1.165, 1.54) is 225 Å². The molecule has 362 valence electrons. The molecule has 0 bridgehead atoms. The third-order valence-corrected chi connectivity index (χ3v) is 12.8. The van der Waals surface area contributed by atoms with Crippen molar-refractivity contribution < 1.29 is 24.5 Å². The van der Waals surface area contributed by atoms with Crippen LogP contribution in [0.1, 0.15) is 303 Å². The Morgan fingerprint density at radius 1 is 0.443 bits per heavy atom. The van der Waals surface area contributed by atoms with Crippen LogP contribution in [0, 0.1) is 0 Å². The van der Waals surface area contributed by atoms with Gasteiger partial charge in [-0.1, -0.05) is 251 Å². The van der Waals surface area contributed by atoms with Gasteiger partial charge in [0.05, 0.1) is 25.4 Å². The summed E-state index contributed by atoms with van der Waals surface area (Å²) in [7, 11) is 0. The molecule has 1 amide bonds. The highest BCUT2D eigenvalue weighted by molar-refractivity contribution is 5.76. The second-order valence-electron chi connectivity index (χ2n) is 18.9. The molecule has 0 fully saturated rings. The van der Waals surface area contributed by atoms with Crippen LogP contribution in [0.15, 0.2) is 12.2 Å². The molecule has 0 aliphatic carbocycles. The molecule has 2 atom stereocenters. The molecular formula is C55H107NO5. The van der Waals surface area contributed by atoms with Crippen molar-refractivity contribution in [2.24, 2.45) is 0 Å². The van der Waals surface area contributed by atoms with Gasteiger partial charge >= 0.3 is 5.97 Å². The van der Waals surface area contributed by atoms with Gasteiger partial charge in [-0.05, 0) is 51.4 Å². The number of aliphatic hydroxyl groups excluding tert-OH is 2. The molecule has 0 aromatic rings. The van der Waals surface area contributed by atoms with Gasteiger partial charge in [-0.25, -0.2) is 0 Å². The Morgan fingerprint density at radius 3 is 1.16 bits per heavy atom. The van der Waals surface area contributed by atoms with Crippen LogP contribution in [0.25, 0.3) is 0 Å². The van der Waals surface area contributed by atoms with Crippen molar-refractivity contribution in [3.8, 4) is 0 Å². The minimum atomic E-state index is -0.669. The Hall–Kier alpha value is -1.40. The van der Waals surface area contributed by atoms with E-state index in [-0.39, 0.29) is 18.5 Å². The minimum absolute atomic E-state index is 0.00389. The lowest BCUT2D eigenvalue weighted by atomic mass is 10.0. The molecule has 0 rings (SSSR count). The molecule has 0 heterocycles. The minimum Gasteiger partial charge on any atom is -0.466 e. The maximum absolute atomic E-state index is 12.4. The van der Waals surface area contributed by atoms with Gasteiger partial charge in [0.25, 0.3) is 0 Å². The molecule has 61 heavy (non-hydrogen) atoms. The van der Waals surface area contributed by atoms with Gasteiger partial charge in [0, 0.05) is 12.8 Å². The predicted octanol–water partition coefficient (Wildman–Crippen LogP) is 16.5. The van der Waals surface area contributed by atoms with Crippen LogP contribution in [0.2, 0.25) is 0 Å². The van der Waals surface area contributed by atoms with Gasteiger partial charge in [-0.15, -0.1) is 0 Å². The third kappa shape index (κ3) is 47.9. The standard InChI is InChI=1S/C55H107NO5/c1-3-5-7-9-11-13-15-16-24-28-31-35-39-43-47-53(58)52(51-57)56-54(59)48-44-40-36-32-29-25-22-20-18-17-19-21-23-26-30-34-38-42-46-50-61-55(60)49-45-41-37-33-27-14-12-10-8-6-4-2/h17-18,52-53,57-58H,3-16,19-51H2,1-2H3,(H,56,59)/b18-17-. The highest BCUT2D eigenvalue weighted by Gasteiger charge is 2.20. The number of hydrogen-bond donors (Lipinski definition) is 3. The predicted molar refractivity (Wildman–Crippen MR) is 264 cm³/mol. The second-order valence-corrected chi connectivity index (χ2v) is 18.9. The Labute approximate surface area is 380 Å². The maximum atomic E-state index is 12.4. The molecule has 3 N–H and O–H groups in total. The van der Waals surface area contributed by atoms with E-state index < -0.39 is 12.1 Å². The molecule has 0 saturated carbocycles. The molecule has 0 aliphatic rings. The average Bonchev–Trinajstić information content (AvgIpc) is 3.26. The fourth-order valence-corrected chi connectivity index (χ4v) is 8.58. The summed E-state index contributed by atoms with van der Waals surface area (Å²) in [6, 6.07) is -0.547. The number of aliphatic hydroxyl groups is 2. The summed E-state index contributed by atoms with van der Waals surface area (Å²) in [6.07, 6.45) is 59.0. The lowest BCUT2D eigenvalue weighted by Gasteiger charge is -2.22. The highest BCUT2D eigenvalue weighted by atomic mass is 16.5. The summed E-state index contributed by atoms with van der Waals surface area (Å²) >= 11 is 0. The number of esters is 1. The summed E-state index contributed by atoms with van der Waals surface area (Å²) in [5.41, 5.74) is 0. The molecule has 0 spiro atoms. The third-order valence-electron chi connectivity index (χ3n) is 12.8. The van der Waals surface area contributed by atoms with Crippen LogP contribution in [0.5, 0.6) is 0 Å². The van der Waals surface area contributed by atoms with Crippen molar-refractivity contribution in [3.05, 3.63) is 12.2 Å². The van der Waals surface area contributed by atoms with Crippen LogP contribution in [0.4, 0.5) is 0 Å². The van der Waals surface area contributed by atoms with Crippen molar-refractivity contribution in [1.82, 2.24) is 5.32 Å². The molecule has 0 aromatic heterocycles. The number of carbonyl (C=O) groups is 2. The van der Waals surface area contributed by atoms with Crippen molar-refractivity contribution in [1.29, 1.82) is 0 Å². The summed E-state index contributed by atoms with van der Waals surface area (Å²) in [6.45, 7) is 4.94. The van der Waals surface area contributed by atoms with Crippen molar-refractivity contribution in [2.45, 2.75) is 315 Å². The molecule has 2 unspecified atom stereocenters. The van der Waals surface area contributed by atoms with Gasteiger partial charge in [0.15, 0.2) is 0 Å². The number of rotatable bonds is 51. The summed E-state index contributed by atoms with van der Waals surface area (Å²) in [5.74, 6) is -0.0395. The van der Waals surface area contributed by atoms with Crippen LogP contribution in [0.3, 0.4) is 0 Å². The number of ether oxygens (including phenoxy) is 1. The molecule has 0 aromatic carbocycles. The van der Waals surface area contributed by atoms with E-state index in [1.807, 2.05) is 0 Å². The van der Waals surface area contributed by atoms with E-state index in [9.17, 15) is 19.8 Å². The molecular weight excluding hydrogens is 755 g/mol. The summed E-state index contributed by atoms with van der Waals surface area (Å²) in [5, 5.41) is 23.2. The Kier molecular flexibility index (Phi) is 50.1. The van der Waals surface area contributed by atoms with E-state index in [0.717, 1.165) is 44.9 Å². The van der Waals surface area contributed by atoms with E-state index >= 15 is 0 Å². The van der Waals surface area contributed by atoms with E-state index in [4.69, 9.17) is 4.74 Å². The Balaban J connectivity index is 3.44. The Bertz CT molecular complexity index is 909. The topological polar surface area (TPSA) is 95.9 Å². The van der Waals surface area contributed by atoms with Crippen LogP contribution >= 0.6 is 0 Å². The molecule has 0 radical (unpaired) electrons. The number of allylic oxidation sites excluding steroid dienone is 2. The van der Waals surface area contributed by atoms with Crippen LogP contribution in [-0.4, -0.2) is 47.4 Å². The zero-order valence-electron chi connectivity index (χ0n) is 41.2. The fraction of sp³-hybridized carbons (Fsp3) is 0.927. The summed E-state index contributed by atoms with van der Waals surface area (Å²) in [4.78, 5) is 24.4. The van der Waals surface area contributed by atoms with Gasteiger partial charge in [-0.2, -0.15) is 0 Å². The lowest BCUT2D eigenvalue weighted by Crippen LogP contribution is -2.45. The fourth-order valence-electron chi connectivity index (χ4n) is 8.58. The van der Waals surface area contributed by atoms with Gasteiger partial charge in [0.2, 0.25) is 5.91 Å². The summed E-state index contributed by atoms with van der Waals surface area (Å²) < 4.78 is 5.45. The number of hydrogen-bond acceptors (Lipinski definition) is 5. The quantitative estimate of drug-likeness (QED) is 0.0322. The number of unbranched alkanes of at least 4 members (excludes halogenated alkanes) is 38. The number of nitrogens with one attached hydrogen (secondary N) is 1. The van der Waals surface area contributed by atoms with Crippen molar-refractivity contribution in [2.75, 3.05) is 13.2 Å². The van der Waals surface area contributed by atoms with E-state index in [1.54, 1.807) is 0 Å². The molecule has 6 heteroatoms. The number of carbonyl (C=O) groups excluding carboxylic acids is 2. The maximum Gasteiger partial charge on any atom is 0.305 e. The second kappa shape index (κ2) is 51.2. The van der Waals surface area contributed by atoms with Crippen LogP contribution in [-0.2, 0) is 14.3 Å². The first-order valence-electron chi connectivity index (χ1n) is 27.4. The molecule has 6 nitrogen and oxygen atoms in total. The normalized spacial score (nSPS) is 12.7. The zero-order chi connectivity index (χ0) is 44.4.